The first-order valence-electron chi connectivity index (χ1n) is 7.85. The summed E-state index contributed by atoms with van der Waals surface area (Å²) in [6.45, 7) is 0. The van der Waals surface area contributed by atoms with E-state index in [2.05, 4.69) is 4.99 Å². The van der Waals surface area contributed by atoms with E-state index in [1.54, 1.807) is 42.6 Å². The molecule has 132 valence electrons. The number of nitrogens with zero attached hydrogens (tertiary/aromatic N) is 1. The van der Waals surface area contributed by atoms with E-state index in [9.17, 15) is 8.42 Å². The number of para-hydroxylation sites is 1. The standard InChI is InChI=1S/C20H17NO4S/c1-24-20-14-16(15-21-17-8-4-2-5-9-17)12-13-19(20)25-26(22,23)18-10-6-3-7-11-18/h2-15H,1H3. The summed E-state index contributed by atoms with van der Waals surface area (Å²) < 4.78 is 35.2. The van der Waals surface area contributed by atoms with Crippen molar-refractivity contribution in [1.82, 2.24) is 0 Å². The Morgan fingerprint density at radius 3 is 2.15 bits per heavy atom. The molecule has 0 N–H and O–H groups in total. The zero-order chi connectivity index (χ0) is 18.4. The van der Waals surface area contributed by atoms with Crippen LogP contribution >= 0.6 is 0 Å². The Hall–Kier alpha value is -3.12. The molecule has 3 aromatic rings. The minimum absolute atomic E-state index is 0.0803. The Morgan fingerprint density at radius 2 is 1.50 bits per heavy atom. The molecule has 26 heavy (non-hydrogen) atoms. The summed E-state index contributed by atoms with van der Waals surface area (Å²) in [6.07, 6.45) is 1.67. The van der Waals surface area contributed by atoms with Crippen LogP contribution < -0.4 is 8.92 Å². The summed E-state index contributed by atoms with van der Waals surface area (Å²) in [4.78, 5) is 4.44. The van der Waals surface area contributed by atoms with Gasteiger partial charge in [-0.1, -0.05) is 36.4 Å². The maximum absolute atomic E-state index is 12.4. The van der Waals surface area contributed by atoms with Crippen LogP contribution in [0.1, 0.15) is 5.56 Å². The second-order valence-corrected chi connectivity index (χ2v) is 6.90. The van der Waals surface area contributed by atoms with Crippen LogP contribution in [-0.2, 0) is 10.1 Å². The number of rotatable bonds is 6. The fourth-order valence-electron chi connectivity index (χ4n) is 2.25. The van der Waals surface area contributed by atoms with Crippen LogP contribution in [0.25, 0.3) is 0 Å². The first-order valence-corrected chi connectivity index (χ1v) is 9.26. The normalized spacial score (nSPS) is 11.4. The minimum atomic E-state index is -3.93. The van der Waals surface area contributed by atoms with Crippen LogP contribution in [0.4, 0.5) is 5.69 Å². The SMILES string of the molecule is COc1cc(C=Nc2ccccc2)ccc1OS(=O)(=O)c1ccccc1. The van der Waals surface area contributed by atoms with E-state index in [4.69, 9.17) is 8.92 Å². The number of ether oxygens (including phenoxy) is 1. The van der Waals surface area contributed by atoms with Crippen LogP contribution in [0.15, 0.2) is 88.8 Å². The predicted molar refractivity (Wildman–Crippen MR) is 101 cm³/mol. The van der Waals surface area contributed by atoms with Crippen LogP contribution in [0.2, 0.25) is 0 Å². The van der Waals surface area contributed by atoms with Crippen molar-refractivity contribution < 1.29 is 17.3 Å². The van der Waals surface area contributed by atoms with Gasteiger partial charge in [-0.2, -0.15) is 8.42 Å². The van der Waals surface area contributed by atoms with E-state index in [1.807, 2.05) is 30.3 Å². The fraction of sp³-hybridized carbons (Fsp3) is 0.0500. The summed E-state index contributed by atoms with van der Waals surface area (Å²) in [5.74, 6) is 0.426. The van der Waals surface area contributed by atoms with Crippen LogP contribution in [0.5, 0.6) is 11.5 Å². The predicted octanol–water partition coefficient (Wildman–Crippen LogP) is 4.21. The highest BCUT2D eigenvalue weighted by Crippen LogP contribution is 2.30. The highest BCUT2D eigenvalue weighted by molar-refractivity contribution is 7.87. The van der Waals surface area contributed by atoms with E-state index >= 15 is 0 Å². The molecule has 0 radical (unpaired) electrons. The molecular weight excluding hydrogens is 350 g/mol. The Bertz CT molecular complexity index is 1000. The van der Waals surface area contributed by atoms with E-state index in [0.717, 1.165) is 11.3 Å². The van der Waals surface area contributed by atoms with Gasteiger partial charge in [0.25, 0.3) is 0 Å². The second-order valence-electron chi connectivity index (χ2n) is 5.35. The van der Waals surface area contributed by atoms with E-state index < -0.39 is 10.1 Å². The van der Waals surface area contributed by atoms with Crippen molar-refractivity contribution in [3.05, 3.63) is 84.4 Å². The molecule has 0 bridgehead atoms. The summed E-state index contributed by atoms with van der Waals surface area (Å²) >= 11 is 0. The maximum atomic E-state index is 12.4. The molecule has 6 heteroatoms. The van der Waals surface area contributed by atoms with Crippen LogP contribution in [0.3, 0.4) is 0 Å². The van der Waals surface area contributed by atoms with Crippen LogP contribution in [-0.4, -0.2) is 21.7 Å². The molecule has 3 rings (SSSR count). The highest BCUT2D eigenvalue weighted by atomic mass is 32.2. The summed E-state index contributed by atoms with van der Waals surface area (Å²) in [5.41, 5.74) is 1.58. The molecule has 3 aromatic carbocycles. The molecule has 0 fully saturated rings. The number of aliphatic imine (C=N–C) groups is 1. The lowest BCUT2D eigenvalue weighted by atomic mass is 10.2. The summed E-state index contributed by atoms with van der Waals surface area (Å²) in [7, 11) is -2.47. The average molecular weight is 367 g/mol. The molecule has 0 spiro atoms. The lowest BCUT2D eigenvalue weighted by Gasteiger charge is -2.11. The molecule has 0 aromatic heterocycles. The monoisotopic (exact) mass is 367 g/mol. The van der Waals surface area contributed by atoms with Crippen molar-refractivity contribution in [2.75, 3.05) is 7.11 Å². The van der Waals surface area contributed by atoms with E-state index in [-0.39, 0.29) is 10.6 Å². The van der Waals surface area contributed by atoms with Crippen molar-refractivity contribution >= 4 is 22.0 Å². The van der Waals surface area contributed by atoms with Gasteiger partial charge in [-0.15, -0.1) is 0 Å². The topological polar surface area (TPSA) is 65.0 Å². The van der Waals surface area contributed by atoms with Crippen LogP contribution in [0, 0.1) is 0 Å². The molecule has 0 aliphatic rings. The largest absolute Gasteiger partial charge is 0.493 e. The zero-order valence-corrected chi connectivity index (χ0v) is 14.9. The molecular formula is C20H17NO4S. The van der Waals surface area contributed by atoms with Gasteiger partial charge in [0.15, 0.2) is 11.5 Å². The molecule has 0 aliphatic heterocycles. The number of methoxy groups -OCH3 is 1. The molecule has 0 heterocycles. The van der Waals surface area contributed by atoms with Crippen molar-refractivity contribution in [1.29, 1.82) is 0 Å². The van der Waals surface area contributed by atoms with E-state index in [1.165, 1.54) is 19.2 Å². The number of hydrogen-bond acceptors (Lipinski definition) is 5. The average Bonchev–Trinajstić information content (AvgIpc) is 2.68. The molecule has 0 aliphatic carbocycles. The summed E-state index contributed by atoms with van der Waals surface area (Å²) in [5, 5.41) is 0. The van der Waals surface area contributed by atoms with Crippen molar-refractivity contribution in [2.24, 2.45) is 4.99 Å². The minimum Gasteiger partial charge on any atom is -0.493 e. The second kappa shape index (κ2) is 7.84. The van der Waals surface area contributed by atoms with Gasteiger partial charge in [0.1, 0.15) is 4.90 Å². The smallest absolute Gasteiger partial charge is 0.339 e. The molecule has 0 saturated carbocycles. The lowest BCUT2D eigenvalue weighted by molar-refractivity contribution is 0.390. The first kappa shape index (κ1) is 17.7. The van der Waals surface area contributed by atoms with Gasteiger partial charge in [0, 0.05) is 6.21 Å². The quantitative estimate of drug-likeness (QED) is 0.483. The third kappa shape index (κ3) is 4.29. The van der Waals surface area contributed by atoms with Gasteiger partial charge in [0.2, 0.25) is 0 Å². The lowest BCUT2D eigenvalue weighted by Crippen LogP contribution is -2.10. The summed E-state index contributed by atoms with van der Waals surface area (Å²) in [6, 6.07) is 22.4. The van der Waals surface area contributed by atoms with Crippen molar-refractivity contribution in [3.63, 3.8) is 0 Å². The van der Waals surface area contributed by atoms with Gasteiger partial charge in [-0.3, -0.25) is 4.99 Å². The number of benzene rings is 3. The Kier molecular flexibility index (Phi) is 5.34. The molecule has 0 unspecified atom stereocenters. The van der Waals surface area contributed by atoms with Crippen molar-refractivity contribution in [2.45, 2.75) is 4.90 Å². The Labute approximate surface area is 152 Å². The van der Waals surface area contributed by atoms with Gasteiger partial charge >= 0.3 is 10.1 Å². The van der Waals surface area contributed by atoms with Gasteiger partial charge in [-0.05, 0) is 48.0 Å². The third-order valence-corrected chi connectivity index (χ3v) is 4.79. The first-order chi connectivity index (χ1) is 12.6. The third-order valence-electron chi connectivity index (χ3n) is 3.54. The van der Waals surface area contributed by atoms with Gasteiger partial charge in [0.05, 0.1) is 12.8 Å². The molecule has 5 nitrogen and oxygen atoms in total. The Morgan fingerprint density at radius 1 is 0.846 bits per heavy atom. The van der Waals surface area contributed by atoms with Gasteiger partial charge < -0.3 is 8.92 Å². The highest BCUT2D eigenvalue weighted by Gasteiger charge is 2.18. The zero-order valence-electron chi connectivity index (χ0n) is 14.1. The molecule has 0 atom stereocenters. The van der Waals surface area contributed by atoms with Gasteiger partial charge in [-0.25, -0.2) is 0 Å². The fourth-order valence-corrected chi connectivity index (χ4v) is 3.21. The number of hydrogen-bond donors (Lipinski definition) is 0. The Balaban J connectivity index is 1.84. The maximum Gasteiger partial charge on any atom is 0.339 e. The molecule has 0 amide bonds. The van der Waals surface area contributed by atoms with Crippen molar-refractivity contribution in [3.8, 4) is 11.5 Å². The van der Waals surface area contributed by atoms with E-state index in [0.29, 0.717) is 5.75 Å². The molecule has 0 saturated heterocycles.